The van der Waals surface area contributed by atoms with Crippen molar-refractivity contribution in [2.45, 2.75) is 76.0 Å². The minimum absolute atomic E-state index is 0.0795. The molecule has 0 radical (unpaired) electrons. The summed E-state index contributed by atoms with van der Waals surface area (Å²) in [7, 11) is -0.811. The van der Waals surface area contributed by atoms with Crippen LogP contribution in [0.1, 0.15) is 58.3 Å². The molecule has 0 amide bonds. The summed E-state index contributed by atoms with van der Waals surface area (Å²) in [5.41, 5.74) is 6.00. The molecule has 18 heavy (non-hydrogen) atoms. The number of hydrogen-bond acceptors (Lipinski definition) is 3. The molecule has 2 aliphatic rings. The van der Waals surface area contributed by atoms with Gasteiger partial charge in [-0.3, -0.25) is 4.21 Å². The minimum Gasteiger partial charge on any atom is -0.371 e. The lowest BCUT2D eigenvalue weighted by molar-refractivity contribution is -0.0557. The van der Waals surface area contributed by atoms with E-state index < -0.39 is 10.8 Å². The molecule has 0 aromatic heterocycles. The maximum Gasteiger partial charge on any atom is 0.0698 e. The van der Waals surface area contributed by atoms with Gasteiger partial charge in [0.1, 0.15) is 0 Å². The molecule has 3 atom stereocenters. The van der Waals surface area contributed by atoms with E-state index in [0.717, 1.165) is 12.8 Å². The topological polar surface area (TPSA) is 52.3 Å². The zero-order valence-electron chi connectivity index (χ0n) is 11.5. The maximum absolute atomic E-state index is 12.0. The van der Waals surface area contributed by atoms with Crippen LogP contribution in [0.25, 0.3) is 0 Å². The molecule has 2 N–H and O–H groups in total. The van der Waals surface area contributed by atoms with Gasteiger partial charge in [0.25, 0.3) is 0 Å². The molecule has 106 valence electrons. The van der Waals surface area contributed by atoms with Crippen molar-refractivity contribution in [3.63, 3.8) is 0 Å². The summed E-state index contributed by atoms with van der Waals surface area (Å²) >= 11 is 0. The quantitative estimate of drug-likeness (QED) is 0.836. The van der Waals surface area contributed by atoms with E-state index in [1.807, 2.05) is 6.92 Å². The Balaban J connectivity index is 1.76. The van der Waals surface area contributed by atoms with Gasteiger partial charge in [0, 0.05) is 28.3 Å². The third-order valence-electron chi connectivity index (χ3n) is 4.40. The molecular formula is C14H27NO2S. The first kappa shape index (κ1) is 14.5. The number of ether oxygens (including phenoxy) is 1. The van der Waals surface area contributed by atoms with E-state index >= 15 is 0 Å². The SMILES string of the molecule is CCC(N)CS(=O)CC1CCC2(CCCCC2)O1. The number of hydrogen-bond donors (Lipinski definition) is 1. The highest BCUT2D eigenvalue weighted by atomic mass is 32.2. The van der Waals surface area contributed by atoms with Crippen LogP contribution >= 0.6 is 0 Å². The highest BCUT2D eigenvalue weighted by Gasteiger charge is 2.41. The second-order valence-electron chi connectivity index (χ2n) is 5.96. The summed E-state index contributed by atoms with van der Waals surface area (Å²) in [5.74, 6) is 1.32. The lowest BCUT2D eigenvalue weighted by atomic mass is 9.83. The van der Waals surface area contributed by atoms with Gasteiger partial charge >= 0.3 is 0 Å². The van der Waals surface area contributed by atoms with Crippen LogP contribution in [0.5, 0.6) is 0 Å². The zero-order valence-corrected chi connectivity index (χ0v) is 12.3. The van der Waals surface area contributed by atoms with Gasteiger partial charge in [-0.25, -0.2) is 0 Å². The number of rotatable bonds is 5. The van der Waals surface area contributed by atoms with Crippen LogP contribution in [0.4, 0.5) is 0 Å². The molecule has 0 aromatic rings. The lowest BCUT2D eigenvalue weighted by Crippen LogP contribution is -2.34. The zero-order chi connectivity index (χ0) is 13.0. The summed E-state index contributed by atoms with van der Waals surface area (Å²) in [4.78, 5) is 0. The monoisotopic (exact) mass is 273 g/mol. The predicted molar refractivity (Wildman–Crippen MR) is 76.1 cm³/mol. The molecule has 1 aliphatic heterocycles. The summed E-state index contributed by atoms with van der Waals surface area (Å²) in [6.07, 6.45) is 9.77. The predicted octanol–water partition coefficient (Wildman–Crippen LogP) is 2.35. The summed E-state index contributed by atoms with van der Waals surface area (Å²) in [6.45, 7) is 2.05. The van der Waals surface area contributed by atoms with E-state index in [4.69, 9.17) is 10.5 Å². The van der Waals surface area contributed by atoms with Gasteiger partial charge in [-0.15, -0.1) is 0 Å². The standard InChI is InChI=1S/C14H27NO2S/c1-2-12(15)10-18(16)11-13-6-9-14(17-13)7-4-3-5-8-14/h12-13H,2-11,15H2,1H3. The lowest BCUT2D eigenvalue weighted by Gasteiger charge is -2.33. The minimum atomic E-state index is -0.811. The van der Waals surface area contributed by atoms with Gasteiger partial charge in [0.05, 0.1) is 11.7 Å². The van der Waals surface area contributed by atoms with Crippen molar-refractivity contribution in [1.29, 1.82) is 0 Å². The normalized spacial score (nSPS) is 30.4. The van der Waals surface area contributed by atoms with Gasteiger partial charge in [0.2, 0.25) is 0 Å². The first-order chi connectivity index (χ1) is 8.63. The number of nitrogens with two attached hydrogens (primary N) is 1. The van der Waals surface area contributed by atoms with Crippen molar-refractivity contribution in [2.75, 3.05) is 11.5 Å². The van der Waals surface area contributed by atoms with Crippen molar-refractivity contribution in [3.05, 3.63) is 0 Å². The second kappa shape index (κ2) is 6.49. The van der Waals surface area contributed by atoms with Crippen LogP contribution in [0.3, 0.4) is 0 Å². The fraction of sp³-hybridized carbons (Fsp3) is 1.00. The van der Waals surface area contributed by atoms with E-state index in [9.17, 15) is 4.21 Å². The molecule has 1 aliphatic carbocycles. The molecule has 1 spiro atoms. The van der Waals surface area contributed by atoms with E-state index in [-0.39, 0.29) is 17.7 Å². The Morgan fingerprint density at radius 1 is 1.33 bits per heavy atom. The Bertz CT molecular complexity index is 290. The molecule has 3 unspecified atom stereocenters. The van der Waals surface area contributed by atoms with Crippen molar-refractivity contribution in [1.82, 2.24) is 0 Å². The van der Waals surface area contributed by atoms with Gasteiger partial charge in [-0.1, -0.05) is 26.2 Å². The van der Waals surface area contributed by atoms with Crippen molar-refractivity contribution in [2.24, 2.45) is 5.73 Å². The molecule has 0 aromatic carbocycles. The molecule has 1 saturated heterocycles. The Kier molecular flexibility index (Phi) is 5.22. The molecule has 1 saturated carbocycles. The Morgan fingerprint density at radius 2 is 2.06 bits per heavy atom. The van der Waals surface area contributed by atoms with E-state index in [1.165, 1.54) is 38.5 Å². The fourth-order valence-electron chi connectivity index (χ4n) is 3.21. The van der Waals surface area contributed by atoms with Crippen LogP contribution in [0.2, 0.25) is 0 Å². The van der Waals surface area contributed by atoms with E-state index in [1.54, 1.807) is 0 Å². The molecule has 4 heteroatoms. The summed E-state index contributed by atoms with van der Waals surface area (Å²) in [6, 6.07) is 0.0795. The van der Waals surface area contributed by atoms with Gasteiger partial charge in [0.15, 0.2) is 0 Å². The summed E-state index contributed by atoms with van der Waals surface area (Å²) in [5, 5.41) is 0. The smallest absolute Gasteiger partial charge is 0.0698 e. The average molecular weight is 273 g/mol. The van der Waals surface area contributed by atoms with Gasteiger partial charge in [-0.2, -0.15) is 0 Å². The second-order valence-corrected chi connectivity index (χ2v) is 7.51. The average Bonchev–Trinajstić information content (AvgIpc) is 2.72. The third-order valence-corrected chi connectivity index (χ3v) is 5.94. The highest BCUT2D eigenvalue weighted by Crippen LogP contribution is 2.41. The van der Waals surface area contributed by atoms with Crippen LogP contribution in [0, 0.1) is 0 Å². The van der Waals surface area contributed by atoms with Crippen molar-refractivity contribution < 1.29 is 8.95 Å². The van der Waals surface area contributed by atoms with Gasteiger partial charge in [-0.05, 0) is 32.1 Å². The van der Waals surface area contributed by atoms with Crippen molar-refractivity contribution in [3.8, 4) is 0 Å². The van der Waals surface area contributed by atoms with E-state index in [0.29, 0.717) is 11.5 Å². The van der Waals surface area contributed by atoms with Crippen molar-refractivity contribution >= 4 is 10.8 Å². The van der Waals surface area contributed by atoms with Crippen LogP contribution in [0.15, 0.2) is 0 Å². The maximum atomic E-state index is 12.0. The van der Waals surface area contributed by atoms with Gasteiger partial charge < -0.3 is 10.5 Å². The molecule has 3 nitrogen and oxygen atoms in total. The molecule has 0 bridgehead atoms. The molecule has 1 heterocycles. The highest BCUT2D eigenvalue weighted by molar-refractivity contribution is 7.85. The summed E-state index contributed by atoms with van der Waals surface area (Å²) < 4.78 is 18.2. The molecule has 2 fully saturated rings. The van der Waals surface area contributed by atoms with Crippen LogP contribution in [-0.4, -0.2) is 33.5 Å². The van der Waals surface area contributed by atoms with Crippen LogP contribution in [-0.2, 0) is 15.5 Å². The molecule has 2 rings (SSSR count). The largest absolute Gasteiger partial charge is 0.371 e. The Morgan fingerprint density at radius 3 is 2.72 bits per heavy atom. The van der Waals surface area contributed by atoms with Crippen LogP contribution < -0.4 is 5.73 Å². The Labute approximate surface area is 113 Å². The first-order valence-electron chi connectivity index (χ1n) is 7.42. The molecular weight excluding hydrogens is 246 g/mol. The first-order valence-corrected chi connectivity index (χ1v) is 8.91. The van der Waals surface area contributed by atoms with E-state index in [2.05, 4.69) is 0 Å². The Hall–Kier alpha value is 0.0700. The third kappa shape index (κ3) is 3.78. The fourth-order valence-corrected chi connectivity index (χ4v) is 4.71.